The number of halogens is 1. The number of carbonyl (C=O) groups is 1. The van der Waals surface area contributed by atoms with Crippen LogP contribution in [-0.4, -0.2) is 42.1 Å². The Morgan fingerprint density at radius 2 is 1.86 bits per heavy atom. The topological polar surface area (TPSA) is 43.8 Å². The molecule has 3 rings (SSSR count). The number of piperazine rings is 1. The third-order valence-corrected chi connectivity index (χ3v) is 5.43. The summed E-state index contributed by atoms with van der Waals surface area (Å²) in [4.78, 5) is 17.2. The molecule has 0 aliphatic carbocycles. The molecule has 1 aromatic carbocycles. The molecule has 0 atom stereocenters. The fourth-order valence-corrected chi connectivity index (χ4v) is 3.98. The molecule has 1 fully saturated rings. The van der Waals surface area contributed by atoms with E-state index in [0.717, 1.165) is 28.1 Å². The molecule has 0 unspecified atom stereocenters. The van der Waals surface area contributed by atoms with Gasteiger partial charge in [-0.3, -0.25) is 4.79 Å². The lowest BCUT2D eigenvalue weighted by Gasteiger charge is -2.36. The molecule has 0 bridgehead atoms. The van der Waals surface area contributed by atoms with Gasteiger partial charge in [0.1, 0.15) is 10.6 Å². The number of para-hydroxylation sites is 2. The summed E-state index contributed by atoms with van der Waals surface area (Å²) in [6, 6.07) is 9.22. The van der Waals surface area contributed by atoms with Gasteiger partial charge in [-0.05, 0) is 39.5 Å². The highest BCUT2D eigenvalue weighted by molar-refractivity contribution is 9.10. The minimum atomic E-state index is 0.0776. The van der Waals surface area contributed by atoms with Crippen molar-refractivity contribution in [2.75, 3.05) is 31.1 Å². The van der Waals surface area contributed by atoms with E-state index in [1.54, 1.807) is 6.07 Å². The normalized spacial score (nSPS) is 15.3. The maximum atomic E-state index is 12.4. The van der Waals surface area contributed by atoms with Gasteiger partial charge >= 0.3 is 0 Å². The van der Waals surface area contributed by atoms with Crippen LogP contribution in [0.1, 0.15) is 9.67 Å². The molecule has 1 saturated heterocycles. The van der Waals surface area contributed by atoms with E-state index in [4.69, 9.17) is 0 Å². The molecule has 0 spiro atoms. The first kappa shape index (κ1) is 14.4. The van der Waals surface area contributed by atoms with Gasteiger partial charge in [-0.25, -0.2) is 0 Å². The number of phenolic OH excluding ortho intramolecular Hbond substituents is 1. The summed E-state index contributed by atoms with van der Waals surface area (Å²) in [6.07, 6.45) is 0. The summed E-state index contributed by atoms with van der Waals surface area (Å²) < 4.78 is 0.862. The highest BCUT2D eigenvalue weighted by Gasteiger charge is 2.25. The van der Waals surface area contributed by atoms with Crippen molar-refractivity contribution in [3.05, 3.63) is 45.1 Å². The number of aromatic hydroxyl groups is 1. The zero-order chi connectivity index (χ0) is 14.8. The van der Waals surface area contributed by atoms with Crippen molar-refractivity contribution in [2.45, 2.75) is 0 Å². The molecule has 0 radical (unpaired) electrons. The molecule has 21 heavy (non-hydrogen) atoms. The van der Waals surface area contributed by atoms with E-state index in [0.29, 0.717) is 18.8 Å². The number of rotatable bonds is 2. The Balaban J connectivity index is 1.67. The Labute approximate surface area is 135 Å². The number of carbonyl (C=O) groups excluding carboxylic acids is 1. The predicted molar refractivity (Wildman–Crippen MR) is 88.2 cm³/mol. The van der Waals surface area contributed by atoms with Crippen LogP contribution >= 0.6 is 27.3 Å². The first-order chi connectivity index (χ1) is 10.2. The summed E-state index contributed by atoms with van der Waals surface area (Å²) in [7, 11) is 0. The molecular formula is C15H15BrN2O2S. The van der Waals surface area contributed by atoms with Gasteiger partial charge in [0.15, 0.2) is 0 Å². The van der Waals surface area contributed by atoms with Crippen LogP contribution in [-0.2, 0) is 0 Å². The number of hydrogen-bond acceptors (Lipinski definition) is 4. The Kier molecular flexibility index (Phi) is 4.17. The van der Waals surface area contributed by atoms with E-state index in [-0.39, 0.29) is 5.91 Å². The molecule has 6 heteroatoms. The second-order valence-corrected chi connectivity index (χ2v) is 6.64. The largest absolute Gasteiger partial charge is 0.506 e. The maximum absolute atomic E-state index is 12.4. The minimum absolute atomic E-state index is 0.0776. The summed E-state index contributed by atoms with van der Waals surface area (Å²) in [5.74, 6) is 0.368. The predicted octanol–water partition coefficient (Wildman–Crippen LogP) is 3.18. The Bertz CT molecular complexity index is 651. The second kappa shape index (κ2) is 6.07. The smallest absolute Gasteiger partial charge is 0.265 e. The van der Waals surface area contributed by atoms with Crippen molar-refractivity contribution in [2.24, 2.45) is 0 Å². The summed E-state index contributed by atoms with van der Waals surface area (Å²) in [5.41, 5.74) is 0.835. The first-order valence-corrected chi connectivity index (χ1v) is 8.39. The standard InChI is InChI=1S/C15H15BrN2O2S/c16-11-5-10-21-14(11)15(20)18-8-6-17(7-9-18)12-3-1-2-4-13(12)19/h1-5,10,19H,6-9H2. The Hall–Kier alpha value is -1.53. The highest BCUT2D eigenvalue weighted by Crippen LogP contribution is 2.28. The molecule has 1 amide bonds. The van der Waals surface area contributed by atoms with Crippen LogP contribution in [0.2, 0.25) is 0 Å². The van der Waals surface area contributed by atoms with Gasteiger partial charge in [0.05, 0.1) is 5.69 Å². The van der Waals surface area contributed by atoms with Gasteiger partial charge in [0, 0.05) is 30.7 Å². The Morgan fingerprint density at radius 1 is 1.14 bits per heavy atom. The molecule has 2 heterocycles. The molecule has 0 saturated carbocycles. The van der Waals surface area contributed by atoms with Crippen LogP contribution in [0.25, 0.3) is 0 Å². The molecule has 4 nitrogen and oxygen atoms in total. The minimum Gasteiger partial charge on any atom is -0.506 e. The fraction of sp³-hybridized carbons (Fsp3) is 0.267. The van der Waals surface area contributed by atoms with Gasteiger partial charge in [-0.1, -0.05) is 12.1 Å². The summed E-state index contributed by atoms with van der Waals surface area (Å²) in [6.45, 7) is 2.79. The molecular weight excluding hydrogens is 352 g/mol. The number of benzene rings is 1. The number of phenols is 1. The molecule has 110 valence electrons. The maximum Gasteiger partial charge on any atom is 0.265 e. The van der Waals surface area contributed by atoms with Crippen LogP contribution in [0.4, 0.5) is 5.69 Å². The third kappa shape index (κ3) is 2.91. The van der Waals surface area contributed by atoms with Crippen molar-refractivity contribution in [3.63, 3.8) is 0 Å². The van der Waals surface area contributed by atoms with E-state index in [9.17, 15) is 9.90 Å². The zero-order valence-electron chi connectivity index (χ0n) is 11.3. The van der Waals surface area contributed by atoms with Crippen LogP contribution in [0.5, 0.6) is 5.75 Å². The number of amides is 1. The molecule has 1 N–H and O–H groups in total. The lowest BCUT2D eigenvalue weighted by atomic mass is 10.2. The van der Waals surface area contributed by atoms with Crippen LogP contribution in [0, 0.1) is 0 Å². The number of nitrogens with zero attached hydrogens (tertiary/aromatic N) is 2. The SMILES string of the molecule is O=C(c1sccc1Br)N1CCN(c2ccccc2O)CC1. The van der Waals surface area contributed by atoms with Crippen LogP contribution < -0.4 is 4.90 Å². The van der Waals surface area contributed by atoms with Crippen molar-refractivity contribution in [1.29, 1.82) is 0 Å². The fourth-order valence-electron chi connectivity index (χ4n) is 2.47. The highest BCUT2D eigenvalue weighted by atomic mass is 79.9. The molecule has 2 aromatic rings. The number of anilines is 1. The van der Waals surface area contributed by atoms with Gasteiger partial charge in [0.25, 0.3) is 5.91 Å². The van der Waals surface area contributed by atoms with Crippen molar-refractivity contribution in [1.82, 2.24) is 4.90 Å². The average molecular weight is 367 g/mol. The third-order valence-electron chi connectivity index (χ3n) is 3.60. The van der Waals surface area contributed by atoms with E-state index < -0.39 is 0 Å². The first-order valence-electron chi connectivity index (χ1n) is 6.72. The lowest BCUT2D eigenvalue weighted by molar-refractivity contribution is 0.0751. The molecule has 1 aromatic heterocycles. The van der Waals surface area contributed by atoms with Crippen LogP contribution in [0.3, 0.4) is 0 Å². The van der Waals surface area contributed by atoms with Gasteiger partial charge in [-0.2, -0.15) is 0 Å². The second-order valence-electron chi connectivity index (χ2n) is 4.87. The van der Waals surface area contributed by atoms with Crippen LogP contribution in [0.15, 0.2) is 40.2 Å². The quantitative estimate of drug-likeness (QED) is 0.887. The monoisotopic (exact) mass is 366 g/mol. The molecule has 1 aliphatic rings. The van der Waals surface area contributed by atoms with E-state index in [2.05, 4.69) is 20.8 Å². The number of hydrogen-bond donors (Lipinski definition) is 1. The van der Waals surface area contributed by atoms with Crippen molar-refractivity contribution < 1.29 is 9.90 Å². The average Bonchev–Trinajstić information content (AvgIpc) is 2.93. The lowest BCUT2D eigenvalue weighted by Crippen LogP contribution is -2.48. The van der Waals surface area contributed by atoms with Gasteiger partial charge < -0.3 is 14.9 Å². The van der Waals surface area contributed by atoms with E-state index >= 15 is 0 Å². The van der Waals surface area contributed by atoms with Gasteiger partial charge in [0.2, 0.25) is 0 Å². The van der Waals surface area contributed by atoms with E-state index in [1.165, 1.54) is 11.3 Å². The van der Waals surface area contributed by atoms with E-state index in [1.807, 2.05) is 34.5 Å². The molecule has 1 aliphatic heterocycles. The summed E-state index contributed by atoms with van der Waals surface area (Å²) >= 11 is 4.87. The zero-order valence-corrected chi connectivity index (χ0v) is 13.7. The number of thiophene rings is 1. The Morgan fingerprint density at radius 3 is 2.48 bits per heavy atom. The summed E-state index contributed by atoms with van der Waals surface area (Å²) in [5, 5.41) is 11.8. The van der Waals surface area contributed by atoms with Crippen molar-refractivity contribution in [3.8, 4) is 5.75 Å². The van der Waals surface area contributed by atoms with Gasteiger partial charge in [-0.15, -0.1) is 11.3 Å². The van der Waals surface area contributed by atoms with Crippen molar-refractivity contribution >= 4 is 38.9 Å².